The van der Waals surface area contributed by atoms with Crippen molar-refractivity contribution >= 4 is 5.97 Å². The number of hydrogen-bond donors (Lipinski definition) is 1. The molecule has 0 amide bonds. The first-order valence-electron chi connectivity index (χ1n) is 5.16. The summed E-state index contributed by atoms with van der Waals surface area (Å²) in [5, 5.41) is 20.6. The van der Waals surface area contributed by atoms with Crippen molar-refractivity contribution in [2.24, 2.45) is 5.92 Å². The van der Waals surface area contributed by atoms with E-state index in [2.05, 4.69) is 15.4 Å². The van der Waals surface area contributed by atoms with Crippen molar-refractivity contribution in [3.8, 4) is 11.6 Å². The van der Waals surface area contributed by atoms with E-state index in [1.165, 1.54) is 11.1 Å². The second kappa shape index (κ2) is 4.36. The van der Waals surface area contributed by atoms with Gasteiger partial charge in [0.2, 0.25) is 5.82 Å². The van der Waals surface area contributed by atoms with Crippen LogP contribution in [0.25, 0.3) is 11.6 Å². The Bertz CT molecular complexity index is 505. The van der Waals surface area contributed by atoms with Gasteiger partial charge in [-0.3, -0.25) is 4.79 Å². The van der Waals surface area contributed by atoms with Crippen LogP contribution in [0.2, 0.25) is 0 Å². The number of tetrazole rings is 1. The fourth-order valence-corrected chi connectivity index (χ4v) is 1.31. The maximum Gasteiger partial charge on any atom is 0.308 e. The number of hydrogen-bond acceptors (Lipinski definition) is 5. The molecule has 2 atom stereocenters. The van der Waals surface area contributed by atoms with Crippen molar-refractivity contribution in [2.75, 3.05) is 0 Å². The van der Waals surface area contributed by atoms with Gasteiger partial charge in [0.1, 0.15) is 0 Å². The van der Waals surface area contributed by atoms with Gasteiger partial charge in [0.25, 0.3) is 0 Å². The van der Waals surface area contributed by atoms with Gasteiger partial charge >= 0.3 is 5.97 Å². The third kappa shape index (κ3) is 2.17. The molecule has 0 saturated heterocycles. The molecule has 2 rings (SSSR count). The smallest absolute Gasteiger partial charge is 0.308 e. The fraction of sp³-hybridized carbons (Fsp3) is 0.400. The molecule has 7 nitrogen and oxygen atoms in total. The third-order valence-corrected chi connectivity index (χ3v) is 2.65. The summed E-state index contributed by atoms with van der Waals surface area (Å²) < 4.78 is 5.13. The minimum Gasteiger partial charge on any atom is -0.481 e. The second-order valence-electron chi connectivity index (χ2n) is 3.78. The van der Waals surface area contributed by atoms with E-state index in [4.69, 9.17) is 9.52 Å². The van der Waals surface area contributed by atoms with Crippen molar-refractivity contribution in [2.45, 2.75) is 19.9 Å². The van der Waals surface area contributed by atoms with E-state index < -0.39 is 11.9 Å². The summed E-state index contributed by atoms with van der Waals surface area (Å²) in [6.07, 6.45) is 1.51. The van der Waals surface area contributed by atoms with Crippen molar-refractivity contribution in [1.29, 1.82) is 0 Å². The average molecular weight is 236 g/mol. The van der Waals surface area contributed by atoms with Crippen LogP contribution in [0.5, 0.6) is 0 Å². The Morgan fingerprint density at radius 3 is 2.88 bits per heavy atom. The lowest BCUT2D eigenvalue weighted by Gasteiger charge is -2.13. The maximum atomic E-state index is 10.8. The summed E-state index contributed by atoms with van der Waals surface area (Å²) in [5.41, 5.74) is 0. The van der Waals surface area contributed by atoms with E-state index >= 15 is 0 Å². The highest BCUT2D eigenvalue weighted by Crippen LogP contribution is 2.18. The number of carbonyl (C=O) groups is 1. The molecular weight excluding hydrogens is 224 g/mol. The van der Waals surface area contributed by atoms with Crippen molar-refractivity contribution < 1.29 is 14.3 Å². The molecule has 2 aromatic rings. The van der Waals surface area contributed by atoms with Gasteiger partial charge in [-0.25, -0.2) is 0 Å². The molecule has 0 saturated carbocycles. The molecule has 0 aliphatic rings. The van der Waals surface area contributed by atoms with Crippen LogP contribution in [0, 0.1) is 5.92 Å². The lowest BCUT2D eigenvalue weighted by atomic mass is 10.1. The summed E-state index contributed by atoms with van der Waals surface area (Å²) in [5.74, 6) is -0.631. The van der Waals surface area contributed by atoms with Crippen molar-refractivity contribution in [3.05, 3.63) is 18.4 Å². The molecule has 2 unspecified atom stereocenters. The number of carboxylic acid groups (broad SMARTS) is 1. The molecule has 0 aliphatic heterocycles. The van der Waals surface area contributed by atoms with E-state index in [-0.39, 0.29) is 6.04 Å². The van der Waals surface area contributed by atoms with E-state index in [0.717, 1.165) is 0 Å². The Labute approximate surface area is 97.0 Å². The summed E-state index contributed by atoms with van der Waals surface area (Å²) >= 11 is 0. The first-order chi connectivity index (χ1) is 8.09. The topological polar surface area (TPSA) is 94.0 Å². The molecule has 0 aliphatic carbocycles. The summed E-state index contributed by atoms with van der Waals surface area (Å²) in [6.45, 7) is 3.33. The van der Waals surface area contributed by atoms with Gasteiger partial charge in [0.05, 0.1) is 18.2 Å². The molecule has 0 aromatic carbocycles. The minimum absolute atomic E-state index is 0.347. The van der Waals surface area contributed by atoms with Gasteiger partial charge in [-0.2, -0.15) is 4.80 Å². The predicted octanol–water partition coefficient (Wildman–Crippen LogP) is 1.21. The zero-order valence-corrected chi connectivity index (χ0v) is 9.44. The molecule has 0 spiro atoms. The molecule has 2 aromatic heterocycles. The van der Waals surface area contributed by atoms with E-state index in [1.54, 1.807) is 26.0 Å². The lowest BCUT2D eigenvalue weighted by molar-refractivity contribution is -0.142. The van der Waals surface area contributed by atoms with Crippen LogP contribution in [-0.2, 0) is 4.79 Å². The first-order valence-corrected chi connectivity index (χ1v) is 5.16. The van der Waals surface area contributed by atoms with Gasteiger partial charge in [-0.05, 0) is 31.2 Å². The minimum atomic E-state index is -0.894. The Hall–Kier alpha value is -2.18. The van der Waals surface area contributed by atoms with Crippen LogP contribution in [0.15, 0.2) is 22.8 Å². The number of aliphatic carboxylic acids is 1. The molecule has 1 N–H and O–H groups in total. The molecule has 0 fully saturated rings. The van der Waals surface area contributed by atoms with Gasteiger partial charge < -0.3 is 9.52 Å². The highest BCUT2D eigenvalue weighted by molar-refractivity contribution is 5.70. The molecule has 7 heteroatoms. The van der Waals surface area contributed by atoms with E-state index in [0.29, 0.717) is 11.6 Å². The van der Waals surface area contributed by atoms with Crippen LogP contribution in [0.1, 0.15) is 19.9 Å². The molecule has 17 heavy (non-hydrogen) atoms. The highest BCUT2D eigenvalue weighted by atomic mass is 16.4. The summed E-state index contributed by atoms with van der Waals surface area (Å²) in [7, 11) is 0. The Balaban J connectivity index is 2.21. The lowest BCUT2D eigenvalue weighted by Crippen LogP contribution is -2.23. The predicted molar refractivity (Wildman–Crippen MR) is 57.0 cm³/mol. The quantitative estimate of drug-likeness (QED) is 0.857. The van der Waals surface area contributed by atoms with Gasteiger partial charge in [-0.1, -0.05) is 0 Å². The SMILES string of the molecule is CC(C(=O)O)C(C)n1nnc(-c2ccco2)n1. The standard InChI is InChI=1S/C10H12N4O3/c1-6(10(15)16)7(2)14-12-9(11-13-14)8-4-3-5-17-8/h3-7H,1-2H3,(H,15,16). The fourth-order valence-electron chi connectivity index (χ4n) is 1.31. The molecule has 2 heterocycles. The van der Waals surface area contributed by atoms with Crippen molar-refractivity contribution in [1.82, 2.24) is 20.2 Å². The van der Waals surface area contributed by atoms with Gasteiger partial charge in [-0.15, -0.1) is 10.2 Å². The largest absolute Gasteiger partial charge is 0.481 e. The van der Waals surface area contributed by atoms with E-state index in [1.807, 2.05) is 0 Å². The first kappa shape index (κ1) is 11.3. The monoisotopic (exact) mass is 236 g/mol. The average Bonchev–Trinajstić information content (AvgIpc) is 2.96. The van der Waals surface area contributed by atoms with Crippen LogP contribution in [0.4, 0.5) is 0 Å². The number of aromatic nitrogens is 4. The molecule has 0 bridgehead atoms. The van der Waals surface area contributed by atoms with Gasteiger partial charge in [0, 0.05) is 0 Å². The van der Waals surface area contributed by atoms with Crippen LogP contribution in [0.3, 0.4) is 0 Å². The number of furan rings is 1. The Morgan fingerprint density at radius 2 is 2.29 bits per heavy atom. The third-order valence-electron chi connectivity index (χ3n) is 2.65. The molecule has 0 radical (unpaired) electrons. The summed E-state index contributed by atoms with van der Waals surface area (Å²) in [4.78, 5) is 12.1. The number of carboxylic acids is 1. The number of nitrogens with zero attached hydrogens (tertiary/aromatic N) is 4. The normalized spacial score (nSPS) is 14.5. The van der Waals surface area contributed by atoms with E-state index in [9.17, 15) is 4.79 Å². The van der Waals surface area contributed by atoms with Gasteiger partial charge in [0.15, 0.2) is 5.76 Å². The van der Waals surface area contributed by atoms with Crippen molar-refractivity contribution in [3.63, 3.8) is 0 Å². The molecule has 90 valence electrons. The summed E-state index contributed by atoms with van der Waals surface area (Å²) in [6, 6.07) is 3.06. The highest BCUT2D eigenvalue weighted by Gasteiger charge is 2.23. The van der Waals surface area contributed by atoms with Crippen LogP contribution < -0.4 is 0 Å². The van der Waals surface area contributed by atoms with Crippen LogP contribution in [-0.4, -0.2) is 31.3 Å². The van der Waals surface area contributed by atoms with Crippen LogP contribution >= 0.6 is 0 Å². The zero-order chi connectivity index (χ0) is 12.4. The Morgan fingerprint density at radius 1 is 1.53 bits per heavy atom. The maximum absolute atomic E-state index is 10.8. The molecular formula is C10H12N4O3. The number of rotatable bonds is 4. The second-order valence-corrected chi connectivity index (χ2v) is 3.78. The Kier molecular flexibility index (Phi) is 2.90. The zero-order valence-electron chi connectivity index (χ0n) is 9.44.